The van der Waals surface area contributed by atoms with Gasteiger partial charge >= 0.3 is 12.1 Å². The van der Waals surface area contributed by atoms with Gasteiger partial charge in [-0.25, -0.2) is 9.78 Å². The molecular weight excluding hydrogens is 303 g/mol. The Morgan fingerprint density at radius 3 is 2.67 bits per heavy atom. The molecule has 1 aromatic carbocycles. The zero-order valence-electron chi connectivity index (χ0n) is 10.6. The van der Waals surface area contributed by atoms with Crippen molar-refractivity contribution >= 4 is 17.7 Å². The normalized spacial score (nSPS) is 11.4. The zero-order valence-corrected chi connectivity index (χ0v) is 11.4. The Morgan fingerprint density at radius 1 is 1.24 bits per heavy atom. The van der Waals surface area contributed by atoms with E-state index in [1.54, 1.807) is 6.07 Å². The lowest BCUT2D eigenvalue weighted by Crippen LogP contribution is -2.04. The van der Waals surface area contributed by atoms with E-state index in [4.69, 9.17) is 5.11 Å². The molecule has 21 heavy (non-hydrogen) atoms. The van der Waals surface area contributed by atoms with E-state index in [-0.39, 0.29) is 11.3 Å². The predicted octanol–water partition coefficient (Wildman–Crippen LogP) is 4.09. The van der Waals surface area contributed by atoms with Crippen molar-refractivity contribution in [2.24, 2.45) is 0 Å². The molecule has 1 N–H and O–H groups in total. The number of thioether (sulfide) groups is 1. The molecule has 3 nitrogen and oxygen atoms in total. The smallest absolute Gasteiger partial charge is 0.416 e. The fourth-order valence-electron chi connectivity index (χ4n) is 1.62. The Balaban J connectivity index is 2.10. The lowest BCUT2D eigenvalue weighted by molar-refractivity contribution is -0.137. The van der Waals surface area contributed by atoms with Crippen LogP contribution in [0, 0.1) is 0 Å². The maximum atomic E-state index is 12.6. The molecule has 0 saturated carbocycles. The van der Waals surface area contributed by atoms with E-state index in [0.717, 1.165) is 12.1 Å². The lowest BCUT2D eigenvalue weighted by atomic mass is 10.1. The SMILES string of the molecule is O=C(O)c1ccnc(SCc2cccc(C(F)(F)F)c2)c1. The molecule has 0 unspecified atom stereocenters. The van der Waals surface area contributed by atoms with Crippen molar-refractivity contribution in [3.63, 3.8) is 0 Å². The summed E-state index contributed by atoms with van der Waals surface area (Å²) in [5.74, 6) is -0.793. The number of halogens is 3. The number of aromatic carboxylic acids is 1. The fourth-order valence-corrected chi connectivity index (χ4v) is 2.46. The molecule has 2 aromatic rings. The van der Waals surface area contributed by atoms with Crippen LogP contribution >= 0.6 is 11.8 Å². The van der Waals surface area contributed by atoms with Crippen LogP contribution in [0.4, 0.5) is 13.2 Å². The third kappa shape index (κ3) is 4.22. The van der Waals surface area contributed by atoms with Gasteiger partial charge in [-0.2, -0.15) is 13.2 Å². The third-order valence-corrected chi connectivity index (χ3v) is 3.62. The molecule has 0 fully saturated rings. The molecule has 110 valence electrons. The highest BCUT2D eigenvalue weighted by atomic mass is 32.2. The summed E-state index contributed by atoms with van der Waals surface area (Å²) in [6, 6.07) is 7.77. The standard InChI is InChI=1S/C14H10F3NO2S/c15-14(16,17)11-3-1-2-9(6-11)8-21-12-7-10(13(19)20)4-5-18-12/h1-7H,8H2,(H,19,20). The number of aromatic nitrogens is 1. The zero-order chi connectivity index (χ0) is 15.5. The van der Waals surface area contributed by atoms with Gasteiger partial charge in [0.2, 0.25) is 0 Å². The van der Waals surface area contributed by atoms with Crippen LogP contribution in [0.15, 0.2) is 47.6 Å². The second kappa shape index (κ2) is 6.17. The van der Waals surface area contributed by atoms with Gasteiger partial charge in [0.15, 0.2) is 0 Å². The number of rotatable bonds is 4. The average Bonchev–Trinajstić information content (AvgIpc) is 2.45. The van der Waals surface area contributed by atoms with Gasteiger partial charge in [0.1, 0.15) is 0 Å². The topological polar surface area (TPSA) is 50.2 Å². The number of nitrogens with zero attached hydrogens (tertiary/aromatic N) is 1. The minimum atomic E-state index is -4.37. The first-order valence-corrected chi connectivity index (χ1v) is 6.83. The lowest BCUT2D eigenvalue weighted by Gasteiger charge is -2.08. The molecule has 0 aliphatic carbocycles. The van der Waals surface area contributed by atoms with Crippen LogP contribution < -0.4 is 0 Å². The summed E-state index contributed by atoms with van der Waals surface area (Å²) in [5, 5.41) is 9.31. The van der Waals surface area contributed by atoms with E-state index < -0.39 is 17.7 Å². The largest absolute Gasteiger partial charge is 0.478 e. The van der Waals surface area contributed by atoms with Crippen molar-refractivity contribution < 1.29 is 23.1 Å². The van der Waals surface area contributed by atoms with Crippen LogP contribution in [-0.4, -0.2) is 16.1 Å². The number of alkyl halides is 3. The van der Waals surface area contributed by atoms with Crippen molar-refractivity contribution in [3.05, 3.63) is 59.3 Å². The van der Waals surface area contributed by atoms with Gasteiger partial charge in [-0.1, -0.05) is 18.2 Å². The van der Waals surface area contributed by atoms with E-state index >= 15 is 0 Å². The molecule has 0 bridgehead atoms. The molecule has 0 aliphatic heterocycles. The van der Waals surface area contributed by atoms with Gasteiger partial charge in [0.25, 0.3) is 0 Å². The second-order valence-corrected chi connectivity index (χ2v) is 5.17. The van der Waals surface area contributed by atoms with Gasteiger partial charge in [-0.3, -0.25) is 0 Å². The highest BCUT2D eigenvalue weighted by molar-refractivity contribution is 7.98. The summed E-state index contributed by atoms with van der Waals surface area (Å²) in [6.07, 6.45) is -3.01. The molecule has 1 aromatic heterocycles. The number of hydrogen-bond acceptors (Lipinski definition) is 3. The molecule has 0 radical (unpaired) electrons. The minimum absolute atomic E-state index is 0.0940. The molecule has 7 heteroatoms. The van der Waals surface area contributed by atoms with Gasteiger partial charge in [-0.15, -0.1) is 11.8 Å². The van der Waals surface area contributed by atoms with Crippen molar-refractivity contribution in [3.8, 4) is 0 Å². The maximum absolute atomic E-state index is 12.6. The number of carbonyl (C=O) groups is 1. The summed E-state index contributed by atoms with van der Waals surface area (Å²) in [5.41, 5.74) is -0.109. The quantitative estimate of drug-likeness (QED) is 0.864. The van der Waals surface area contributed by atoms with E-state index in [2.05, 4.69) is 4.98 Å². The number of carboxylic acids is 1. The van der Waals surface area contributed by atoms with Crippen LogP contribution in [0.25, 0.3) is 0 Å². The molecule has 0 amide bonds. The van der Waals surface area contributed by atoms with Crippen LogP contribution in [0.2, 0.25) is 0 Å². The van der Waals surface area contributed by atoms with Gasteiger partial charge in [-0.05, 0) is 23.8 Å². The van der Waals surface area contributed by atoms with Crippen LogP contribution in [0.3, 0.4) is 0 Å². The summed E-state index contributed by atoms with van der Waals surface area (Å²) in [6.45, 7) is 0. The number of carboxylic acid groups (broad SMARTS) is 1. The van der Waals surface area contributed by atoms with Crippen molar-refractivity contribution in [2.45, 2.75) is 17.0 Å². The summed E-state index contributed by atoms with van der Waals surface area (Å²) >= 11 is 1.18. The minimum Gasteiger partial charge on any atom is -0.478 e. The Kier molecular flexibility index (Phi) is 4.52. The highest BCUT2D eigenvalue weighted by Gasteiger charge is 2.30. The molecule has 0 spiro atoms. The van der Waals surface area contributed by atoms with Crippen LogP contribution in [-0.2, 0) is 11.9 Å². The predicted molar refractivity (Wildman–Crippen MR) is 72.2 cm³/mol. The first kappa shape index (κ1) is 15.4. The Morgan fingerprint density at radius 2 is 2.00 bits per heavy atom. The van der Waals surface area contributed by atoms with Gasteiger partial charge in [0.05, 0.1) is 16.2 Å². The fraction of sp³-hybridized carbons (Fsp3) is 0.143. The van der Waals surface area contributed by atoms with Crippen LogP contribution in [0.5, 0.6) is 0 Å². The van der Waals surface area contributed by atoms with E-state index in [1.807, 2.05) is 0 Å². The number of pyridine rings is 1. The van der Waals surface area contributed by atoms with Crippen molar-refractivity contribution in [2.75, 3.05) is 0 Å². The maximum Gasteiger partial charge on any atom is 0.416 e. The van der Waals surface area contributed by atoms with E-state index in [1.165, 1.54) is 36.2 Å². The second-order valence-electron chi connectivity index (χ2n) is 4.17. The average molecular weight is 313 g/mol. The molecule has 0 saturated heterocycles. The Hall–Kier alpha value is -2.02. The number of benzene rings is 1. The van der Waals surface area contributed by atoms with Crippen molar-refractivity contribution in [1.82, 2.24) is 4.98 Å². The van der Waals surface area contributed by atoms with Crippen LogP contribution in [0.1, 0.15) is 21.5 Å². The molecule has 2 rings (SSSR count). The summed E-state index contributed by atoms with van der Waals surface area (Å²) in [7, 11) is 0. The first-order chi connectivity index (χ1) is 9.86. The Labute approximate surface area is 122 Å². The highest BCUT2D eigenvalue weighted by Crippen LogP contribution is 2.31. The number of hydrogen-bond donors (Lipinski definition) is 1. The Bertz CT molecular complexity index is 659. The summed E-state index contributed by atoms with van der Waals surface area (Å²) < 4.78 is 37.8. The molecule has 0 aliphatic rings. The molecule has 1 heterocycles. The molecule has 0 atom stereocenters. The van der Waals surface area contributed by atoms with E-state index in [9.17, 15) is 18.0 Å². The third-order valence-electron chi connectivity index (χ3n) is 2.62. The van der Waals surface area contributed by atoms with Crippen molar-refractivity contribution in [1.29, 1.82) is 0 Å². The van der Waals surface area contributed by atoms with Gasteiger partial charge in [0, 0.05) is 11.9 Å². The molecular formula is C14H10F3NO2S. The van der Waals surface area contributed by atoms with E-state index in [0.29, 0.717) is 10.6 Å². The van der Waals surface area contributed by atoms with Gasteiger partial charge < -0.3 is 5.11 Å². The summed E-state index contributed by atoms with van der Waals surface area (Å²) in [4.78, 5) is 14.8. The monoisotopic (exact) mass is 313 g/mol. The first-order valence-electron chi connectivity index (χ1n) is 5.84.